The maximum Gasteiger partial charge on any atom is 0.304 e. The maximum absolute atomic E-state index is 12.0. The van der Waals surface area contributed by atoms with Crippen molar-refractivity contribution >= 4 is 15.8 Å². The van der Waals surface area contributed by atoms with Crippen molar-refractivity contribution in [2.24, 2.45) is 0 Å². The Kier molecular flexibility index (Phi) is 4.78. The molecule has 0 radical (unpaired) electrons. The van der Waals surface area contributed by atoms with E-state index in [0.717, 1.165) is 19.4 Å². The monoisotopic (exact) mass is 277 g/mol. The average molecular weight is 277 g/mol. The third-order valence-corrected chi connectivity index (χ3v) is 6.08. The molecule has 5 nitrogen and oxygen atoms in total. The molecule has 106 valence electrons. The molecule has 1 aliphatic heterocycles. The van der Waals surface area contributed by atoms with Crippen LogP contribution < -0.4 is 0 Å². The van der Waals surface area contributed by atoms with Crippen molar-refractivity contribution < 1.29 is 18.3 Å². The van der Waals surface area contributed by atoms with Gasteiger partial charge in [-0.25, -0.2) is 8.42 Å². The summed E-state index contributed by atoms with van der Waals surface area (Å²) in [6.45, 7) is 6.33. The van der Waals surface area contributed by atoms with Gasteiger partial charge in [0, 0.05) is 12.6 Å². The molecule has 1 N–H and O–H groups in total. The van der Waals surface area contributed by atoms with Crippen molar-refractivity contribution in [3.8, 4) is 0 Å². The van der Waals surface area contributed by atoms with E-state index in [0.29, 0.717) is 6.54 Å². The van der Waals surface area contributed by atoms with Gasteiger partial charge in [-0.05, 0) is 40.2 Å². The number of nitrogens with zero attached hydrogens (tertiary/aromatic N) is 1. The van der Waals surface area contributed by atoms with E-state index in [1.54, 1.807) is 20.8 Å². The summed E-state index contributed by atoms with van der Waals surface area (Å²) < 4.78 is 23.2. The summed E-state index contributed by atoms with van der Waals surface area (Å²) in [4.78, 5) is 12.7. The number of hydrogen-bond donors (Lipinski definition) is 1. The first kappa shape index (κ1) is 15.4. The number of carbonyl (C=O) groups is 1. The molecule has 1 aliphatic rings. The van der Waals surface area contributed by atoms with Crippen LogP contribution in [0.3, 0.4) is 0 Å². The second kappa shape index (κ2) is 5.57. The number of rotatable bonds is 5. The SMILES string of the molecule is CC(C)(C)S(=O)(=O)CCN1CCCC1CC(=O)O. The van der Waals surface area contributed by atoms with Crippen molar-refractivity contribution in [1.82, 2.24) is 4.90 Å². The van der Waals surface area contributed by atoms with Gasteiger partial charge in [0.25, 0.3) is 0 Å². The first-order valence-corrected chi connectivity index (χ1v) is 7.97. The lowest BCUT2D eigenvalue weighted by Gasteiger charge is -2.25. The lowest BCUT2D eigenvalue weighted by Crippen LogP contribution is -2.39. The highest BCUT2D eigenvalue weighted by Crippen LogP contribution is 2.22. The zero-order chi connectivity index (χ0) is 14.0. The fourth-order valence-corrected chi connectivity index (χ4v) is 3.25. The van der Waals surface area contributed by atoms with E-state index < -0.39 is 20.6 Å². The number of aliphatic carboxylic acids is 1. The molecule has 0 saturated carbocycles. The van der Waals surface area contributed by atoms with Gasteiger partial charge in [0.05, 0.1) is 16.9 Å². The summed E-state index contributed by atoms with van der Waals surface area (Å²) in [6.07, 6.45) is 1.91. The first-order valence-electron chi connectivity index (χ1n) is 6.31. The fraction of sp³-hybridized carbons (Fsp3) is 0.917. The van der Waals surface area contributed by atoms with Crippen LogP contribution in [0.2, 0.25) is 0 Å². The van der Waals surface area contributed by atoms with Crippen LogP contribution in [0.4, 0.5) is 0 Å². The standard InChI is InChI=1S/C12H23NO4S/c1-12(2,3)18(16,17)8-7-13-6-4-5-10(13)9-11(14)15/h10H,4-9H2,1-3H3,(H,14,15). The van der Waals surface area contributed by atoms with Gasteiger partial charge in [-0.1, -0.05) is 0 Å². The Hall–Kier alpha value is -0.620. The van der Waals surface area contributed by atoms with E-state index in [1.165, 1.54) is 0 Å². The lowest BCUT2D eigenvalue weighted by atomic mass is 10.1. The van der Waals surface area contributed by atoms with Crippen LogP contribution in [-0.2, 0) is 14.6 Å². The normalized spacial score (nSPS) is 22.3. The Bertz CT molecular complexity index is 397. The van der Waals surface area contributed by atoms with Gasteiger partial charge in [-0.15, -0.1) is 0 Å². The quantitative estimate of drug-likeness (QED) is 0.815. The van der Waals surface area contributed by atoms with Crippen molar-refractivity contribution in [3.05, 3.63) is 0 Å². The van der Waals surface area contributed by atoms with Crippen LogP contribution >= 0.6 is 0 Å². The molecule has 0 aromatic rings. The highest BCUT2D eigenvalue weighted by molar-refractivity contribution is 7.92. The third kappa shape index (κ3) is 3.95. The van der Waals surface area contributed by atoms with Crippen molar-refractivity contribution in [3.63, 3.8) is 0 Å². The summed E-state index contributed by atoms with van der Waals surface area (Å²) >= 11 is 0. The number of hydrogen-bond acceptors (Lipinski definition) is 4. The lowest BCUT2D eigenvalue weighted by molar-refractivity contribution is -0.138. The van der Waals surface area contributed by atoms with Crippen molar-refractivity contribution in [1.29, 1.82) is 0 Å². The van der Waals surface area contributed by atoms with Crippen LogP contribution in [0.25, 0.3) is 0 Å². The smallest absolute Gasteiger partial charge is 0.304 e. The number of carboxylic acids is 1. The van der Waals surface area contributed by atoms with Crippen molar-refractivity contribution in [2.45, 2.75) is 50.8 Å². The molecule has 0 spiro atoms. The molecule has 0 aromatic heterocycles. The Morgan fingerprint density at radius 2 is 2.00 bits per heavy atom. The molecule has 6 heteroatoms. The molecule has 1 rings (SSSR count). The molecular formula is C12H23NO4S. The second-order valence-electron chi connectivity index (χ2n) is 5.86. The van der Waals surface area contributed by atoms with E-state index >= 15 is 0 Å². The molecule has 18 heavy (non-hydrogen) atoms. The zero-order valence-electron chi connectivity index (χ0n) is 11.3. The minimum atomic E-state index is -3.13. The highest BCUT2D eigenvalue weighted by Gasteiger charge is 2.32. The third-order valence-electron chi connectivity index (χ3n) is 3.49. The Balaban J connectivity index is 2.55. The van der Waals surface area contributed by atoms with Crippen molar-refractivity contribution in [2.75, 3.05) is 18.8 Å². The van der Waals surface area contributed by atoms with Gasteiger partial charge in [-0.2, -0.15) is 0 Å². The summed E-state index contributed by atoms with van der Waals surface area (Å²) in [5.41, 5.74) is 0. The number of likely N-dealkylation sites (tertiary alicyclic amines) is 1. The molecule has 0 aliphatic carbocycles. The van der Waals surface area contributed by atoms with E-state index in [9.17, 15) is 13.2 Å². The molecule has 0 bridgehead atoms. The molecule has 1 unspecified atom stereocenters. The first-order chi connectivity index (χ1) is 8.13. The van der Waals surface area contributed by atoms with Gasteiger partial charge in [0.2, 0.25) is 0 Å². The predicted octanol–water partition coefficient (Wildman–Crippen LogP) is 1.14. The molecular weight excluding hydrogens is 254 g/mol. The molecule has 1 atom stereocenters. The largest absolute Gasteiger partial charge is 0.481 e. The van der Waals surface area contributed by atoms with E-state index in [2.05, 4.69) is 0 Å². The predicted molar refractivity (Wildman–Crippen MR) is 70.4 cm³/mol. The maximum atomic E-state index is 12.0. The average Bonchev–Trinajstić information content (AvgIpc) is 2.59. The minimum absolute atomic E-state index is 0.00216. The number of carboxylic acid groups (broad SMARTS) is 1. The minimum Gasteiger partial charge on any atom is -0.481 e. The summed E-state index contributed by atoms with van der Waals surface area (Å²) in [5, 5.41) is 8.80. The molecule has 1 heterocycles. The Morgan fingerprint density at radius 3 is 2.50 bits per heavy atom. The summed E-state index contributed by atoms with van der Waals surface area (Å²) in [7, 11) is -3.13. The Morgan fingerprint density at radius 1 is 1.39 bits per heavy atom. The van der Waals surface area contributed by atoms with Gasteiger partial charge in [-0.3, -0.25) is 9.69 Å². The summed E-state index contributed by atoms with van der Waals surface area (Å²) in [5.74, 6) is -0.710. The van der Waals surface area contributed by atoms with Gasteiger partial charge in [0.15, 0.2) is 9.84 Å². The van der Waals surface area contributed by atoms with Crippen LogP contribution in [0.1, 0.15) is 40.0 Å². The Labute approximate surface area is 109 Å². The molecule has 0 aromatic carbocycles. The van der Waals surface area contributed by atoms with Gasteiger partial charge >= 0.3 is 5.97 Å². The number of sulfone groups is 1. The van der Waals surface area contributed by atoms with E-state index in [1.807, 2.05) is 4.90 Å². The van der Waals surface area contributed by atoms with Crippen LogP contribution in [0.5, 0.6) is 0 Å². The second-order valence-corrected chi connectivity index (χ2v) is 8.72. The summed E-state index contributed by atoms with van der Waals surface area (Å²) in [6, 6.07) is -0.00216. The van der Waals surface area contributed by atoms with E-state index in [4.69, 9.17) is 5.11 Å². The van der Waals surface area contributed by atoms with Gasteiger partial charge in [0.1, 0.15) is 0 Å². The fourth-order valence-electron chi connectivity index (χ4n) is 2.17. The van der Waals surface area contributed by atoms with Gasteiger partial charge < -0.3 is 5.11 Å². The van der Waals surface area contributed by atoms with Crippen LogP contribution in [-0.4, -0.2) is 54.0 Å². The van der Waals surface area contributed by atoms with Crippen LogP contribution in [0.15, 0.2) is 0 Å². The highest BCUT2D eigenvalue weighted by atomic mass is 32.2. The molecule has 1 fully saturated rings. The molecule has 1 saturated heterocycles. The van der Waals surface area contributed by atoms with Crippen LogP contribution in [0, 0.1) is 0 Å². The molecule has 0 amide bonds. The van der Waals surface area contributed by atoms with E-state index in [-0.39, 0.29) is 18.2 Å². The zero-order valence-corrected chi connectivity index (χ0v) is 12.2. The topological polar surface area (TPSA) is 74.7 Å².